The molecule has 0 fully saturated rings. The lowest BCUT2D eigenvalue weighted by molar-refractivity contribution is -0.149. The number of carbonyl (C=O) groups excluding carboxylic acids is 2. The van der Waals surface area contributed by atoms with E-state index in [-0.39, 0.29) is 5.78 Å². The van der Waals surface area contributed by atoms with E-state index in [4.69, 9.17) is 4.74 Å². The van der Waals surface area contributed by atoms with Crippen molar-refractivity contribution in [2.45, 2.75) is 58.3 Å². The standard InChI is InChI=1S/C19H28O3/c1-3-4-5-6-7-11-14-17(19(21)22-2)18(20)15-16-12-9-8-10-13-16/h8-10,12-13,17H,3-7,11,14-15H2,1-2H3. The fourth-order valence-electron chi connectivity index (χ4n) is 2.60. The van der Waals surface area contributed by atoms with Crippen LogP contribution in [-0.4, -0.2) is 18.9 Å². The molecule has 0 heterocycles. The van der Waals surface area contributed by atoms with Crippen molar-refractivity contribution in [3.8, 4) is 0 Å². The highest BCUT2D eigenvalue weighted by atomic mass is 16.5. The SMILES string of the molecule is CCCCCCCCC(C(=O)Cc1ccccc1)C(=O)OC. The second-order valence-corrected chi connectivity index (χ2v) is 5.76. The summed E-state index contributed by atoms with van der Waals surface area (Å²) in [6, 6.07) is 9.56. The lowest BCUT2D eigenvalue weighted by Gasteiger charge is -2.13. The van der Waals surface area contributed by atoms with E-state index in [1.807, 2.05) is 30.3 Å². The molecule has 0 aliphatic rings. The molecular formula is C19H28O3. The van der Waals surface area contributed by atoms with Crippen molar-refractivity contribution in [3.05, 3.63) is 35.9 Å². The van der Waals surface area contributed by atoms with E-state index in [0.29, 0.717) is 12.8 Å². The van der Waals surface area contributed by atoms with Crippen LogP contribution in [0.1, 0.15) is 57.4 Å². The lowest BCUT2D eigenvalue weighted by Crippen LogP contribution is -2.26. The number of ketones is 1. The number of ether oxygens (including phenoxy) is 1. The van der Waals surface area contributed by atoms with Crippen molar-refractivity contribution in [2.24, 2.45) is 5.92 Å². The van der Waals surface area contributed by atoms with Crippen molar-refractivity contribution in [1.82, 2.24) is 0 Å². The van der Waals surface area contributed by atoms with E-state index >= 15 is 0 Å². The molecule has 1 aromatic carbocycles. The summed E-state index contributed by atoms with van der Waals surface area (Å²) in [6.45, 7) is 2.19. The summed E-state index contributed by atoms with van der Waals surface area (Å²) in [5.41, 5.74) is 0.948. The first-order valence-corrected chi connectivity index (χ1v) is 8.33. The largest absolute Gasteiger partial charge is 0.468 e. The van der Waals surface area contributed by atoms with Gasteiger partial charge in [0.2, 0.25) is 0 Å². The summed E-state index contributed by atoms with van der Waals surface area (Å²) in [4.78, 5) is 24.2. The zero-order valence-electron chi connectivity index (χ0n) is 13.8. The third-order valence-electron chi connectivity index (χ3n) is 3.94. The smallest absolute Gasteiger partial charge is 0.316 e. The van der Waals surface area contributed by atoms with Gasteiger partial charge >= 0.3 is 5.97 Å². The van der Waals surface area contributed by atoms with Crippen LogP contribution in [0.2, 0.25) is 0 Å². The van der Waals surface area contributed by atoms with Crippen LogP contribution < -0.4 is 0 Å². The number of carbonyl (C=O) groups is 2. The Kier molecular flexibility index (Phi) is 9.20. The highest BCUT2D eigenvalue weighted by molar-refractivity contribution is 5.99. The van der Waals surface area contributed by atoms with E-state index in [9.17, 15) is 9.59 Å². The number of unbranched alkanes of at least 4 members (excludes halogenated alkanes) is 5. The third kappa shape index (κ3) is 6.88. The molecule has 3 nitrogen and oxygen atoms in total. The summed E-state index contributed by atoms with van der Waals surface area (Å²) in [7, 11) is 1.35. The van der Waals surface area contributed by atoms with Crippen LogP contribution in [0.15, 0.2) is 30.3 Å². The van der Waals surface area contributed by atoms with Crippen molar-refractivity contribution in [2.75, 3.05) is 7.11 Å². The molecule has 22 heavy (non-hydrogen) atoms. The lowest BCUT2D eigenvalue weighted by atomic mass is 9.92. The summed E-state index contributed by atoms with van der Waals surface area (Å²) >= 11 is 0. The molecule has 0 aliphatic carbocycles. The Hall–Kier alpha value is -1.64. The monoisotopic (exact) mass is 304 g/mol. The number of rotatable bonds is 11. The quantitative estimate of drug-likeness (QED) is 0.347. The molecule has 0 bridgehead atoms. The third-order valence-corrected chi connectivity index (χ3v) is 3.94. The van der Waals surface area contributed by atoms with Crippen molar-refractivity contribution < 1.29 is 14.3 Å². The summed E-state index contributed by atoms with van der Waals surface area (Å²) in [6.07, 6.45) is 7.77. The van der Waals surface area contributed by atoms with Crippen LogP contribution in [0, 0.1) is 5.92 Å². The van der Waals surface area contributed by atoms with Gasteiger partial charge in [-0.2, -0.15) is 0 Å². The van der Waals surface area contributed by atoms with Crippen LogP contribution in [0.3, 0.4) is 0 Å². The normalized spacial score (nSPS) is 11.9. The van der Waals surface area contributed by atoms with Gasteiger partial charge in [0.15, 0.2) is 5.78 Å². The minimum atomic E-state index is -0.614. The topological polar surface area (TPSA) is 43.4 Å². The molecule has 1 rings (SSSR count). The average molecular weight is 304 g/mol. The van der Waals surface area contributed by atoms with E-state index < -0.39 is 11.9 Å². The van der Waals surface area contributed by atoms with Gasteiger partial charge in [0.1, 0.15) is 5.92 Å². The maximum atomic E-state index is 12.4. The van der Waals surface area contributed by atoms with E-state index in [0.717, 1.165) is 18.4 Å². The van der Waals surface area contributed by atoms with Gasteiger partial charge in [-0.05, 0) is 12.0 Å². The van der Waals surface area contributed by atoms with Gasteiger partial charge in [0, 0.05) is 6.42 Å². The summed E-state index contributed by atoms with van der Waals surface area (Å²) in [5, 5.41) is 0. The molecule has 122 valence electrons. The predicted molar refractivity (Wildman–Crippen MR) is 88.7 cm³/mol. The second kappa shape index (κ2) is 11.0. The number of hydrogen-bond donors (Lipinski definition) is 0. The first-order valence-electron chi connectivity index (χ1n) is 8.33. The zero-order chi connectivity index (χ0) is 16.2. The molecule has 0 spiro atoms. The van der Waals surface area contributed by atoms with E-state index in [1.165, 1.54) is 32.8 Å². The average Bonchev–Trinajstić information content (AvgIpc) is 2.54. The molecule has 0 N–H and O–H groups in total. The number of hydrogen-bond acceptors (Lipinski definition) is 3. The maximum Gasteiger partial charge on any atom is 0.316 e. The molecule has 0 aromatic heterocycles. The molecular weight excluding hydrogens is 276 g/mol. The van der Waals surface area contributed by atoms with Crippen molar-refractivity contribution >= 4 is 11.8 Å². The van der Waals surface area contributed by atoms with Gasteiger partial charge in [0.05, 0.1) is 7.11 Å². The Morgan fingerprint density at radius 2 is 1.64 bits per heavy atom. The molecule has 0 saturated carbocycles. The summed E-state index contributed by atoms with van der Waals surface area (Å²) < 4.78 is 4.81. The van der Waals surface area contributed by atoms with Crippen molar-refractivity contribution in [1.29, 1.82) is 0 Å². The number of benzene rings is 1. The molecule has 0 radical (unpaired) electrons. The van der Waals surface area contributed by atoms with Gasteiger partial charge in [-0.1, -0.05) is 75.8 Å². The minimum absolute atomic E-state index is 0.0355. The Bertz CT molecular complexity index is 439. The molecule has 0 amide bonds. The van der Waals surface area contributed by atoms with Crippen LogP contribution in [0.5, 0.6) is 0 Å². The molecule has 0 saturated heterocycles. The number of esters is 1. The molecule has 1 unspecified atom stereocenters. The highest BCUT2D eigenvalue weighted by Gasteiger charge is 2.26. The molecule has 3 heteroatoms. The van der Waals surface area contributed by atoms with Crippen LogP contribution in [-0.2, 0) is 20.7 Å². The van der Waals surface area contributed by atoms with Crippen molar-refractivity contribution in [3.63, 3.8) is 0 Å². The van der Waals surface area contributed by atoms with Gasteiger partial charge in [0.25, 0.3) is 0 Å². The van der Waals surface area contributed by atoms with E-state index in [1.54, 1.807) is 0 Å². The Labute approximate surface area is 134 Å². The molecule has 1 aromatic rings. The highest BCUT2D eigenvalue weighted by Crippen LogP contribution is 2.17. The van der Waals surface area contributed by atoms with Crippen LogP contribution in [0.4, 0.5) is 0 Å². The first kappa shape index (κ1) is 18.4. The first-order chi connectivity index (χ1) is 10.7. The number of methoxy groups -OCH3 is 1. The minimum Gasteiger partial charge on any atom is -0.468 e. The molecule has 1 atom stereocenters. The maximum absolute atomic E-state index is 12.4. The van der Waals surface area contributed by atoms with Gasteiger partial charge in [-0.3, -0.25) is 9.59 Å². The van der Waals surface area contributed by atoms with Gasteiger partial charge in [-0.15, -0.1) is 0 Å². The van der Waals surface area contributed by atoms with Gasteiger partial charge in [-0.25, -0.2) is 0 Å². The Balaban J connectivity index is 2.46. The Morgan fingerprint density at radius 1 is 1.00 bits per heavy atom. The van der Waals surface area contributed by atoms with Crippen LogP contribution in [0.25, 0.3) is 0 Å². The molecule has 0 aliphatic heterocycles. The van der Waals surface area contributed by atoms with Gasteiger partial charge < -0.3 is 4.74 Å². The predicted octanol–water partition coefficient (Wildman–Crippen LogP) is 4.34. The Morgan fingerprint density at radius 3 is 2.27 bits per heavy atom. The summed E-state index contributed by atoms with van der Waals surface area (Å²) in [5.74, 6) is -1.04. The number of Topliss-reactive ketones (excluding diaryl/α,β-unsaturated/α-hetero) is 1. The fraction of sp³-hybridized carbons (Fsp3) is 0.579. The zero-order valence-corrected chi connectivity index (χ0v) is 13.8. The van der Waals surface area contributed by atoms with Crippen LogP contribution >= 0.6 is 0 Å². The fourth-order valence-corrected chi connectivity index (χ4v) is 2.60. The second-order valence-electron chi connectivity index (χ2n) is 5.76. The van der Waals surface area contributed by atoms with E-state index in [2.05, 4.69) is 6.92 Å².